The first kappa shape index (κ1) is 21.9. The van der Waals surface area contributed by atoms with Crippen LogP contribution >= 0.6 is 0 Å². The number of nitrogens with zero attached hydrogens (tertiary/aromatic N) is 2. The van der Waals surface area contributed by atoms with E-state index in [-0.39, 0.29) is 49.1 Å². The number of alkyl halides is 3. The van der Waals surface area contributed by atoms with Gasteiger partial charge in [0.05, 0.1) is 5.92 Å². The molecular formula is C23H35F3N2O2. The lowest BCUT2D eigenvalue weighted by molar-refractivity contribution is -0.186. The SMILES string of the molecule is CC(C)N1CC(=O)N(CC2CCC(C(F)(F)F)CC2)C2(CCC3CCCCC32)C1=O. The summed E-state index contributed by atoms with van der Waals surface area (Å²) in [6.07, 6.45) is 3.21. The summed E-state index contributed by atoms with van der Waals surface area (Å²) in [7, 11) is 0. The van der Waals surface area contributed by atoms with Gasteiger partial charge in [-0.25, -0.2) is 0 Å². The highest BCUT2D eigenvalue weighted by molar-refractivity contribution is 5.98. The lowest BCUT2D eigenvalue weighted by Crippen LogP contribution is -2.71. The normalized spacial score (nSPS) is 37.9. The van der Waals surface area contributed by atoms with E-state index in [0.717, 1.165) is 25.7 Å². The fourth-order valence-corrected chi connectivity index (χ4v) is 6.88. The second kappa shape index (κ2) is 8.01. The highest BCUT2D eigenvalue weighted by Crippen LogP contribution is 2.53. The van der Waals surface area contributed by atoms with Crippen molar-refractivity contribution in [3.63, 3.8) is 0 Å². The van der Waals surface area contributed by atoms with Crippen LogP contribution in [0.4, 0.5) is 13.2 Å². The third-order valence-corrected chi connectivity index (χ3v) is 8.51. The fourth-order valence-electron chi connectivity index (χ4n) is 6.88. The Balaban J connectivity index is 1.58. The number of fused-ring (bicyclic) bond motifs is 2. The third-order valence-electron chi connectivity index (χ3n) is 8.51. The quantitative estimate of drug-likeness (QED) is 0.650. The summed E-state index contributed by atoms with van der Waals surface area (Å²) < 4.78 is 39.2. The van der Waals surface area contributed by atoms with Crippen LogP contribution in [0.5, 0.6) is 0 Å². The molecule has 0 bridgehead atoms. The van der Waals surface area contributed by atoms with E-state index in [9.17, 15) is 22.8 Å². The van der Waals surface area contributed by atoms with Crippen molar-refractivity contribution < 1.29 is 22.8 Å². The van der Waals surface area contributed by atoms with Crippen LogP contribution in [0.3, 0.4) is 0 Å². The molecule has 3 atom stereocenters. The van der Waals surface area contributed by atoms with Crippen molar-refractivity contribution in [3.05, 3.63) is 0 Å². The minimum atomic E-state index is -4.12. The van der Waals surface area contributed by atoms with Crippen LogP contribution in [0.25, 0.3) is 0 Å². The van der Waals surface area contributed by atoms with E-state index < -0.39 is 17.6 Å². The summed E-state index contributed by atoms with van der Waals surface area (Å²) in [5, 5.41) is 0. The van der Waals surface area contributed by atoms with Crippen LogP contribution in [0.2, 0.25) is 0 Å². The second-order valence-corrected chi connectivity index (χ2v) is 10.4. The van der Waals surface area contributed by atoms with Crippen LogP contribution in [-0.4, -0.2) is 52.5 Å². The van der Waals surface area contributed by atoms with Crippen LogP contribution in [0.15, 0.2) is 0 Å². The zero-order valence-electron chi connectivity index (χ0n) is 18.2. The molecule has 2 amide bonds. The number of carbonyl (C=O) groups excluding carboxylic acids is 2. The van der Waals surface area contributed by atoms with E-state index in [4.69, 9.17) is 0 Å². The van der Waals surface area contributed by atoms with Gasteiger partial charge in [0.25, 0.3) is 0 Å². The van der Waals surface area contributed by atoms with E-state index in [0.29, 0.717) is 31.7 Å². The smallest absolute Gasteiger partial charge is 0.329 e. The lowest BCUT2D eigenvalue weighted by Gasteiger charge is -2.53. The van der Waals surface area contributed by atoms with Gasteiger partial charge in [-0.3, -0.25) is 9.59 Å². The number of rotatable bonds is 3. The van der Waals surface area contributed by atoms with Gasteiger partial charge in [-0.05, 0) is 76.5 Å². The largest absolute Gasteiger partial charge is 0.391 e. The van der Waals surface area contributed by atoms with Crippen molar-refractivity contribution in [2.24, 2.45) is 23.7 Å². The number of halogens is 3. The Morgan fingerprint density at radius 2 is 1.67 bits per heavy atom. The molecule has 30 heavy (non-hydrogen) atoms. The van der Waals surface area contributed by atoms with Crippen molar-refractivity contribution in [2.45, 2.75) is 95.8 Å². The van der Waals surface area contributed by atoms with Crippen molar-refractivity contribution in [3.8, 4) is 0 Å². The monoisotopic (exact) mass is 428 g/mol. The number of hydrogen-bond acceptors (Lipinski definition) is 2. The first-order valence-corrected chi connectivity index (χ1v) is 11.8. The predicted octanol–water partition coefficient (Wildman–Crippen LogP) is 4.77. The van der Waals surface area contributed by atoms with Crippen molar-refractivity contribution >= 4 is 11.8 Å². The lowest BCUT2D eigenvalue weighted by atomic mass is 9.71. The molecule has 4 aliphatic rings. The maximum atomic E-state index is 13.8. The summed E-state index contributed by atoms with van der Waals surface area (Å²) >= 11 is 0. The van der Waals surface area contributed by atoms with Crippen molar-refractivity contribution in [1.82, 2.24) is 9.80 Å². The molecule has 3 unspecified atom stereocenters. The summed E-state index contributed by atoms with van der Waals surface area (Å²) in [4.78, 5) is 30.8. The first-order valence-electron chi connectivity index (χ1n) is 11.8. The molecule has 0 radical (unpaired) electrons. The molecule has 3 aliphatic carbocycles. The van der Waals surface area contributed by atoms with Gasteiger partial charge in [-0.2, -0.15) is 13.2 Å². The number of hydrogen-bond donors (Lipinski definition) is 0. The molecule has 0 aromatic rings. The Bertz CT molecular complexity index is 672. The van der Waals surface area contributed by atoms with E-state index >= 15 is 0 Å². The van der Waals surface area contributed by atoms with Crippen LogP contribution in [0.1, 0.15) is 78.1 Å². The molecule has 4 nitrogen and oxygen atoms in total. The molecule has 0 aromatic heterocycles. The van der Waals surface area contributed by atoms with Gasteiger partial charge in [-0.1, -0.05) is 19.3 Å². The average Bonchev–Trinajstić information content (AvgIpc) is 3.08. The zero-order chi connectivity index (χ0) is 21.7. The highest BCUT2D eigenvalue weighted by atomic mass is 19.4. The Kier molecular flexibility index (Phi) is 5.86. The number of carbonyl (C=O) groups is 2. The van der Waals surface area contributed by atoms with E-state index in [2.05, 4.69) is 0 Å². The Morgan fingerprint density at radius 3 is 2.30 bits per heavy atom. The van der Waals surface area contributed by atoms with Gasteiger partial charge in [0, 0.05) is 12.6 Å². The topological polar surface area (TPSA) is 40.6 Å². The minimum Gasteiger partial charge on any atom is -0.329 e. The van der Waals surface area contributed by atoms with E-state index in [1.165, 1.54) is 6.42 Å². The average molecular weight is 429 g/mol. The molecule has 0 aromatic carbocycles. The van der Waals surface area contributed by atoms with Gasteiger partial charge in [0.1, 0.15) is 12.1 Å². The van der Waals surface area contributed by atoms with E-state index in [1.54, 1.807) is 4.90 Å². The highest BCUT2D eigenvalue weighted by Gasteiger charge is 2.62. The first-order chi connectivity index (χ1) is 14.1. The Hall–Kier alpha value is -1.27. The van der Waals surface area contributed by atoms with Gasteiger partial charge in [-0.15, -0.1) is 0 Å². The Morgan fingerprint density at radius 1 is 1.00 bits per heavy atom. The van der Waals surface area contributed by atoms with E-state index in [1.807, 2.05) is 18.7 Å². The fraction of sp³-hybridized carbons (Fsp3) is 0.913. The summed E-state index contributed by atoms with van der Waals surface area (Å²) in [6.45, 7) is 4.47. The standard InChI is InChI=1S/C23H35F3N2O2/c1-15(2)27-14-20(29)28(13-16-7-9-18(10-8-16)23(24,25)26)22(21(27)30)12-11-17-5-3-4-6-19(17)22/h15-19H,3-14H2,1-2H3. The molecule has 1 saturated heterocycles. The second-order valence-electron chi connectivity index (χ2n) is 10.4. The summed E-state index contributed by atoms with van der Waals surface area (Å²) in [5.74, 6) is -0.373. The molecule has 0 N–H and O–H groups in total. The minimum absolute atomic E-state index is 0.00697. The molecule has 3 saturated carbocycles. The molecule has 1 heterocycles. The predicted molar refractivity (Wildman–Crippen MR) is 107 cm³/mol. The summed E-state index contributed by atoms with van der Waals surface area (Å²) in [6, 6.07) is -0.0228. The molecule has 1 aliphatic heterocycles. The summed E-state index contributed by atoms with van der Waals surface area (Å²) in [5.41, 5.74) is -0.758. The Labute approximate surface area is 177 Å². The maximum absolute atomic E-state index is 13.8. The number of amides is 2. The van der Waals surface area contributed by atoms with Gasteiger partial charge in [0.15, 0.2) is 0 Å². The van der Waals surface area contributed by atoms with Crippen LogP contribution < -0.4 is 0 Å². The molecule has 170 valence electrons. The molecule has 1 spiro atoms. The number of piperazine rings is 1. The molecular weight excluding hydrogens is 393 g/mol. The van der Waals surface area contributed by atoms with Crippen molar-refractivity contribution in [2.75, 3.05) is 13.1 Å². The van der Waals surface area contributed by atoms with Crippen molar-refractivity contribution in [1.29, 1.82) is 0 Å². The molecule has 4 fully saturated rings. The molecule has 4 rings (SSSR count). The van der Waals surface area contributed by atoms with Gasteiger partial charge >= 0.3 is 6.18 Å². The molecule has 7 heteroatoms. The van der Waals surface area contributed by atoms with Gasteiger partial charge < -0.3 is 9.80 Å². The third kappa shape index (κ3) is 3.64. The maximum Gasteiger partial charge on any atom is 0.391 e. The van der Waals surface area contributed by atoms with Crippen LogP contribution in [-0.2, 0) is 9.59 Å². The van der Waals surface area contributed by atoms with Crippen LogP contribution in [0, 0.1) is 23.7 Å². The zero-order valence-corrected chi connectivity index (χ0v) is 18.2. The van der Waals surface area contributed by atoms with Gasteiger partial charge in [0.2, 0.25) is 11.8 Å².